The molecule has 0 aliphatic carbocycles. The number of aromatic nitrogens is 3. The van der Waals surface area contributed by atoms with E-state index in [-0.39, 0.29) is 11.0 Å². The highest BCUT2D eigenvalue weighted by atomic mass is 19.3. The fourth-order valence-corrected chi connectivity index (χ4v) is 1.03. The summed E-state index contributed by atoms with van der Waals surface area (Å²) in [6.45, 7) is -2.77. The number of hydrogen-bond acceptors (Lipinski definition) is 4. The number of carbonyl (C=O) groups is 1. The van der Waals surface area contributed by atoms with Crippen molar-refractivity contribution >= 4 is 6.29 Å². The Labute approximate surface area is 86.7 Å². The van der Waals surface area contributed by atoms with Gasteiger partial charge in [-0.25, -0.2) is 22.2 Å². The highest BCUT2D eigenvalue weighted by Crippen LogP contribution is 2.23. The number of halogens is 4. The Bertz CT molecular complexity index is 380. The maximum absolute atomic E-state index is 12.7. The van der Waals surface area contributed by atoms with Gasteiger partial charge in [0.1, 0.15) is 18.8 Å². The molecule has 16 heavy (non-hydrogen) atoms. The summed E-state index contributed by atoms with van der Waals surface area (Å²) in [5.41, 5.74) is -1.67. The van der Waals surface area contributed by atoms with Crippen molar-refractivity contribution in [3.63, 3.8) is 0 Å². The van der Waals surface area contributed by atoms with Gasteiger partial charge in [-0.1, -0.05) is 5.21 Å². The number of rotatable bonds is 5. The number of aldehydes is 1. The molecule has 0 saturated heterocycles. The Morgan fingerprint density at radius 1 is 1.50 bits per heavy atom. The molecule has 90 valence electrons. The Morgan fingerprint density at radius 3 is 2.56 bits per heavy atom. The number of carbonyl (C=O) groups excluding carboxylic acids is 1. The minimum atomic E-state index is -3.60. The molecule has 1 heterocycles. The molecule has 1 rings (SSSR count). The van der Waals surface area contributed by atoms with Gasteiger partial charge in [0, 0.05) is 0 Å². The molecule has 0 spiro atoms. The summed E-state index contributed by atoms with van der Waals surface area (Å²) in [5.74, 6) is -3.60. The van der Waals surface area contributed by atoms with Crippen molar-refractivity contribution in [3.05, 3.63) is 11.4 Å². The van der Waals surface area contributed by atoms with Gasteiger partial charge in [0.2, 0.25) is 0 Å². The first-order valence-corrected chi connectivity index (χ1v) is 4.06. The van der Waals surface area contributed by atoms with Gasteiger partial charge in [-0.2, -0.15) is 0 Å². The zero-order valence-corrected chi connectivity index (χ0v) is 7.78. The lowest BCUT2D eigenvalue weighted by atomic mass is 10.3. The van der Waals surface area contributed by atoms with Crippen molar-refractivity contribution in [2.75, 3.05) is 6.61 Å². The van der Waals surface area contributed by atoms with E-state index in [2.05, 4.69) is 10.3 Å². The van der Waals surface area contributed by atoms with Crippen LogP contribution in [0.5, 0.6) is 0 Å². The van der Waals surface area contributed by atoms with Gasteiger partial charge in [0.25, 0.3) is 12.3 Å². The summed E-state index contributed by atoms with van der Waals surface area (Å²) >= 11 is 0. The predicted molar refractivity (Wildman–Crippen MR) is 42.4 cm³/mol. The molecule has 9 heteroatoms. The number of aliphatic hydroxyl groups excluding tert-OH is 1. The molecule has 1 aromatic heterocycles. The third kappa shape index (κ3) is 2.54. The summed E-state index contributed by atoms with van der Waals surface area (Å²) in [5, 5.41) is 14.3. The largest absolute Gasteiger partial charge is 0.390 e. The van der Waals surface area contributed by atoms with Crippen LogP contribution in [0, 0.1) is 0 Å². The second kappa shape index (κ2) is 4.56. The number of nitrogens with zero attached hydrogens (tertiary/aromatic N) is 3. The monoisotopic (exact) mass is 241 g/mol. The maximum atomic E-state index is 12.7. The van der Waals surface area contributed by atoms with Crippen molar-refractivity contribution in [3.8, 4) is 0 Å². The molecule has 0 unspecified atom stereocenters. The van der Waals surface area contributed by atoms with Gasteiger partial charge in [0.15, 0.2) is 12.0 Å². The van der Waals surface area contributed by atoms with E-state index >= 15 is 0 Å². The molecule has 5 nitrogen and oxygen atoms in total. The Morgan fingerprint density at radius 2 is 2.12 bits per heavy atom. The Balaban J connectivity index is 3.05. The smallest absolute Gasteiger partial charge is 0.289 e. The minimum absolute atomic E-state index is 0.00207. The topological polar surface area (TPSA) is 68.0 Å². The normalized spacial score (nSPS) is 12.1. The van der Waals surface area contributed by atoms with E-state index in [0.717, 1.165) is 0 Å². The zero-order valence-electron chi connectivity index (χ0n) is 7.78. The van der Waals surface area contributed by atoms with Crippen LogP contribution in [0.1, 0.15) is 22.6 Å². The first kappa shape index (κ1) is 12.6. The maximum Gasteiger partial charge on any atom is 0.289 e. The number of hydrogen-bond donors (Lipinski definition) is 1. The lowest BCUT2D eigenvalue weighted by Crippen LogP contribution is -2.29. The summed E-state index contributed by atoms with van der Waals surface area (Å²) in [6.07, 6.45) is -3.15. The van der Waals surface area contributed by atoms with Gasteiger partial charge < -0.3 is 5.11 Å². The van der Waals surface area contributed by atoms with E-state index in [1.807, 2.05) is 0 Å². The van der Waals surface area contributed by atoms with E-state index in [4.69, 9.17) is 5.11 Å². The van der Waals surface area contributed by atoms with E-state index in [1.54, 1.807) is 0 Å². The van der Waals surface area contributed by atoms with E-state index < -0.39 is 36.9 Å². The lowest BCUT2D eigenvalue weighted by molar-refractivity contribution is -0.0673. The Hall–Kier alpha value is -1.51. The molecule has 0 atom stereocenters. The van der Waals surface area contributed by atoms with Crippen LogP contribution >= 0.6 is 0 Å². The summed E-state index contributed by atoms with van der Waals surface area (Å²) in [6, 6.07) is 0. The molecule has 0 saturated carbocycles. The zero-order chi connectivity index (χ0) is 12.3. The summed E-state index contributed by atoms with van der Waals surface area (Å²) < 4.78 is 50.5. The van der Waals surface area contributed by atoms with Crippen molar-refractivity contribution in [2.24, 2.45) is 0 Å². The van der Waals surface area contributed by atoms with Crippen LogP contribution in [0.3, 0.4) is 0 Å². The molecule has 1 aromatic rings. The second-order valence-corrected chi connectivity index (χ2v) is 2.95. The van der Waals surface area contributed by atoms with Crippen LogP contribution in [0.4, 0.5) is 17.6 Å². The predicted octanol–water partition coefficient (Wildman–Crippen LogP) is 0.656. The van der Waals surface area contributed by atoms with Gasteiger partial charge in [-0.3, -0.25) is 4.79 Å². The van der Waals surface area contributed by atoms with Crippen LogP contribution in [-0.2, 0) is 6.54 Å². The molecular weight excluding hydrogens is 234 g/mol. The molecule has 1 N–H and O–H groups in total. The average Bonchev–Trinajstić information content (AvgIpc) is 2.60. The molecule has 0 radical (unpaired) electrons. The third-order valence-electron chi connectivity index (χ3n) is 1.73. The second-order valence-electron chi connectivity index (χ2n) is 2.95. The summed E-state index contributed by atoms with van der Waals surface area (Å²) in [4.78, 5) is 10.3. The Kier molecular flexibility index (Phi) is 3.58. The molecule has 0 aliphatic heterocycles. The van der Waals surface area contributed by atoms with Gasteiger partial charge in [-0.15, -0.1) is 5.10 Å². The van der Waals surface area contributed by atoms with Crippen LogP contribution in [0.2, 0.25) is 0 Å². The van der Waals surface area contributed by atoms with Gasteiger partial charge >= 0.3 is 0 Å². The number of aliphatic hydroxyl groups is 1. The first-order chi connectivity index (χ1) is 7.41. The molecule has 0 fully saturated rings. The summed E-state index contributed by atoms with van der Waals surface area (Å²) in [7, 11) is 0. The van der Waals surface area contributed by atoms with Crippen molar-refractivity contribution in [1.82, 2.24) is 15.0 Å². The van der Waals surface area contributed by atoms with E-state index in [0.29, 0.717) is 0 Å². The molecule has 0 amide bonds. The van der Waals surface area contributed by atoms with Crippen molar-refractivity contribution in [2.45, 2.75) is 18.9 Å². The molecule has 0 bridgehead atoms. The lowest BCUT2D eigenvalue weighted by Gasteiger charge is -2.14. The number of alkyl halides is 4. The highest BCUT2D eigenvalue weighted by Gasteiger charge is 2.32. The SMILES string of the molecule is O=Cc1nnn(CC(F)(F)CO)c1C(F)F. The average molecular weight is 241 g/mol. The van der Waals surface area contributed by atoms with E-state index in [9.17, 15) is 22.4 Å². The van der Waals surface area contributed by atoms with E-state index in [1.165, 1.54) is 0 Å². The molecular formula is C7H7F4N3O2. The fraction of sp³-hybridized carbons (Fsp3) is 0.571. The highest BCUT2D eigenvalue weighted by molar-refractivity contribution is 5.73. The van der Waals surface area contributed by atoms with Gasteiger partial charge in [0.05, 0.1) is 0 Å². The van der Waals surface area contributed by atoms with Crippen molar-refractivity contribution < 1.29 is 27.5 Å². The molecule has 0 aromatic carbocycles. The van der Waals surface area contributed by atoms with Crippen LogP contribution in [0.25, 0.3) is 0 Å². The quantitative estimate of drug-likeness (QED) is 0.607. The fourth-order valence-electron chi connectivity index (χ4n) is 1.03. The first-order valence-electron chi connectivity index (χ1n) is 4.06. The van der Waals surface area contributed by atoms with Crippen molar-refractivity contribution in [1.29, 1.82) is 0 Å². The third-order valence-corrected chi connectivity index (χ3v) is 1.73. The standard InChI is InChI=1S/C7H7F4N3O2/c8-6(9)5-4(1-15)12-13-14(5)2-7(10,11)3-16/h1,6,16H,2-3H2. The van der Waals surface area contributed by atoms with Crippen LogP contribution in [-0.4, -0.2) is 38.9 Å². The minimum Gasteiger partial charge on any atom is -0.390 e. The van der Waals surface area contributed by atoms with Crippen LogP contribution in [0.15, 0.2) is 0 Å². The molecule has 0 aliphatic rings. The van der Waals surface area contributed by atoms with Crippen LogP contribution < -0.4 is 0 Å². The van der Waals surface area contributed by atoms with Gasteiger partial charge in [-0.05, 0) is 0 Å².